The van der Waals surface area contributed by atoms with E-state index >= 15 is 0 Å². The second-order valence-corrected chi connectivity index (χ2v) is 8.06. The van der Waals surface area contributed by atoms with Gasteiger partial charge in [-0.25, -0.2) is 0 Å². The van der Waals surface area contributed by atoms with Gasteiger partial charge in [0.1, 0.15) is 0 Å². The number of benzene rings is 1. The Labute approximate surface area is 160 Å². The molecule has 12 nitrogen and oxygen atoms in total. The van der Waals surface area contributed by atoms with Gasteiger partial charge in [-0.1, -0.05) is 6.07 Å². The van der Waals surface area contributed by atoms with Gasteiger partial charge < -0.3 is 57.7 Å². The molecule has 0 aliphatic rings. The van der Waals surface area contributed by atoms with Crippen LogP contribution >= 0.6 is 71.3 Å². The average molecular weight is 600 g/mol. The lowest BCUT2D eigenvalue weighted by Gasteiger charge is -2.36. The van der Waals surface area contributed by atoms with E-state index in [4.69, 9.17) is 57.7 Å². The fourth-order valence-corrected chi connectivity index (χ4v) is 1.74. The molecule has 1 aromatic carbocycles. The first kappa shape index (κ1) is 29.7. The highest BCUT2D eigenvalue weighted by molar-refractivity contribution is 9.14. The summed E-state index contributed by atoms with van der Waals surface area (Å²) < 4.78 is 28.8. The molecule has 0 bridgehead atoms. The maximum atomic E-state index is 8.55. The molecule has 18 heteroatoms. The van der Waals surface area contributed by atoms with Crippen LogP contribution in [0.1, 0.15) is 0 Å². The van der Waals surface area contributed by atoms with Crippen LogP contribution in [0.15, 0.2) is 31.6 Å². The minimum absolute atomic E-state index is 1.06. The van der Waals surface area contributed by atoms with Crippen molar-refractivity contribution < 1.29 is 57.7 Å². The number of rotatable bonds is 0. The molecule has 0 aliphatic heterocycles. The average Bonchev–Trinajstić information content (AvgIpc) is 2.18. The number of halogens is 3. The molecule has 0 heterocycles. The van der Waals surface area contributed by atoms with E-state index in [1.165, 1.54) is 0 Å². The maximum absolute atomic E-state index is 8.55. The molecule has 0 spiro atoms. The summed E-state index contributed by atoms with van der Waals surface area (Å²) in [5, 5.41) is 0. The van der Waals surface area contributed by atoms with E-state index < -0.39 is 23.5 Å². The van der Waals surface area contributed by atoms with Crippen molar-refractivity contribution in [1.29, 1.82) is 0 Å². The second-order valence-electron chi connectivity index (χ2n) is 2.88. The maximum Gasteiger partial charge on any atom is 0.0459 e. The summed E-state index contributed by atoms with van der Waals surface area (Å²) in [5.74, 6) is 0. The predicted molar refractivity (Wildman–Crippen MR) is 72.4 cm³/mol. The molecule has 0 radical (unpaired) electrons. The Kier molecular flexibility index (Phi) is 16.4. The smallest absolute Gasteiger partial charge is 0.0459 e. The lowest BCUT2D eigenvalue weighted by atomic mass is 10.4. The molecule has 1 aromatic rings. The van der Waals surface area contributed by atoms with E-state index in [2.05, 4.69) is 47.8 Å². The molecular formula is C6H3Br3O12P3-9. The summed E-state index contributed by atoms with van der Waals surface area (Å²) in [7, 11) is -16.2. The van der Waals surface area contributed by atoms with Crippen LogP contribution in [0.2, 0.25) is 0 Å². The zero-order valence-corrected chi connectivity index (χ0v) is 18.0. The Morgan fingerprint density at radius 2 is 0.750 bits per heavy atom. The normalized spacial score (nSPS) is 11.0. The molecule has 24 heavy (non-hydrogen) atoms. The van der Waals surface area contributed by atoms with E-state index in [1.54, 1.807) is 0 Å². The van der Waals surface area contributed by atoms with Crippen LogP contribution in [0.25, 0.3) is 0 Å². The Morgan fingerprint density at radius 3 is 0.875 bits per heavy atom. The zero-order valence-electron chi connectivity index (χ0n) is 10.6. The molecule has 144 valence electrons. The van der Waals surface area contributed by atoms with E-state index in [0.717, 1.165) is 13.4 Å². The van der Waals surface area contributed by atoms with Crippen molar-refractivity contribution in [1.82, 2.24) is 0 Å². The highest BCUT2D eigenvalue weighted by Crippen LogP contribution is 2.29. The second kappa shape index (κ2) is 13.2. The first-order chi connectivity index (χ1) is 10.2. The minimum atomic E-state index is -5.39. The Balaban J connectivity index is -0.000000259. The van der Waals surface area contributed by atoms with Gasteiger partial charge in [0.15, 0.2) is 0 Å². The summed E-state index contributed by atoms with van der Waals surface area (Å²) in [4.78, 5) is 76.9. The summed E-state index contributed by atoms with van der Waals surface area (Å²) in [5.41, 5.74) is 0. The van der Waals surface area contributed by atoms with E-state index in [9.17, 15) is 0 Å². The summed E-state index contributed by atoms with van der Waals surface area (Å²) in [6.07, 6.45) is 0. The van der Waals surface area contributed by atoms with Gasteiger partial charge in [0.2, 0.25) is 0 Å². The van der Waals surface area contributed by atoms with Crippen molar-refractivity contribution in [3.63, 3.8) is 0 Å². The molecule has 0 aliphatic carbocycles. The van der Waals surface area contributed by atoms with Crippen LogP contribution < -0.4 is 44.0 Å². The van der Waals surface area contributed by atoms with Gasteiger partial charge in [-0.3, -0.25) is 0 Å². The van der Waals surface area contributed by atoms with Crippen LogP contribution in [0.4, 0.5) is 0 Å². The first-order valence-corrected chi connectivity index (χ1v) is 11.3. The third-order valence-corrected chi connectivity index (χ3v) is 4.14. The molecule has 0 saturated carbocycles. The third kappa shape index (κ3) is 49.5. The molecule has 0 fully saturated rings. The van der Waals surface area contributed by atoms with E-state index in [-0.39, 0.29) is 0 Å². The quantitative estimate of drug-likeness (QED) is 0.202. The molecule has 0 amide bonds. The standard InChI is InChI=1S/C6H3Br3.3H3O4P/c7-4-2-1-3-5(8)6(4)9;3*1-5(2,3)4/h1-3H;3*(H3,1,2,3,4)/p-9. The van der Waals surface area contributed by atoms with Gasteiger partial charge in [-0.2, -0.15) is 23.5 Å². The molecule has 0 unspecified atom stereocenters. The minimum Gasteiger partial charge on any atom is -0.822 e. The summed E-state index contributed by atoms with van der Waals surface area (Å²) in [6.45, 7) is 0. The van der Waals surface area contributed by atoms with Crippen molar-refractivity contribution in [2.45, 2.75) is 0 Å². The lowest BCUT2D eigenvalue weighted by Crippen LogP contribution is -2.24. The van der Waals surface area contributed by atoms with Crippen LogP contribution in [0, 0.1) is 0 Å². The first-order valence-electron chi connectivity index (χ1n) is 4.50. The van der Waals surface area contributed by atoms with E-state index in [1.807, 2.05) is 18.2 Å². The van der Waals surface area contributed by atoms with Crippen LogP contribution in [-0.4, -0.2) is 0 Å². The number of hydrogen-bond acceptors (Lipinski definition) is 12. The van der Waals surface area contributed by atoms with Crippen molar-refractivity contribution in [3.8, 4) is 0 Å². The highest BCUT2D eigenvalue weighted by atomic mass is 79.9. The van der Waals surface area contributed by atoms with Crippen molar-refractivity contribution in [2.75, 3.05) is 0 Å². The number of hydrogen-bond donors (Lipinski definition) is 0. The number of phosphoric acid groups is 3. The highest BCUT2D eigenvalue weighted by Gasteiger charge is 1.97. The Bertz CT molecular complexity index is 528. The fraction of sp³-hybridized carbons (Fsp3) is 0. The molecule has 0 atom stereocenters. The van der Waals surface area contributed by atoms with Gasteiger partial charge in [-0.05, 0) is 59.9 Å². The van der Waals surface area contributed by atoms with Crippen molar-refractivity contribution in [3.05, 3.63) is 31.6 Å². The molecule has 0 N–H and O–H groups in total. The topological polar surface area (TPSA) is 259 Å². The van der Waals surface area contributed by atoms with Gasteiger partial charge in [0.05, 0.1) is 0 Å². The molecule has 1 rings (SSSR count). The molecular weight excluding hydrogens is 597 g/mol. The zero-order chi connectivity index (χ0) is 20.4. The van der Waals surface area contributed by atoms with Gasteiger partial charge in [0.25, 0.3) is 0 Å². The van der Waals surface area contributed by atoms with Crippen LogP contribution in [-0.2, 0) is 13.7 Å². The van der Waals surface area contributed by atoms with Crippen molar-refractivity contribution in [2.24, 2.45) is 0 Å². The Hall–Kier alpha value is 0.990. The summed E-state index contributed by atoms with van der Waals surface area (Å²) >= 11 is 10.1. The monoisotopic (exact) mass is 597 g/mol. The lowest BCUT2D eigenvalue weighted by molar-refractivity contribution is -0.434. The Morgan fingerprint density at radius 1 is 0.583 bits per heavy atom. The predicted octanol–water partition coefficient (Wildman–Crippen LogP) is -4.50. The van der Waals surface area contributed by atoms with Crippen molar-refractivity contribution >= 4 is 71.3 Å². The van der Waals surface area contributed by atoms with Gasteiger partial charge >= 0.3 is 0 Å². The van der Waals surface area contributed by atoms with Gasteiger partial charge in [-0.15, -0.1) is 0 Å². The largest absolute Gasteiger partial charge is 0.822 e. The van der Waals surface area contributed by atoms with Crippen LogP contribution in [0.5, 0.6) is 0 Å². The molecule has 0 aromatic heterocycles. The van der Waals surface area contributed by atoms with Gasteiger partial charge in [0, 0.05) is 13.4 Å². The summed E-state index contributed by atoms with van der Waals surface area (Å²) in [6, 6.07) is 5.93. The van der Waals surface area contributed by atoms with E-state index in [0.29, 0.717) is 0 Å². The fourth-order valence-electron chi connectivity index (χ4n) is 0.477. The SMILES string of the molecule is Brc1cccc(Br)c1Br.O=P([O-])([O-])[O-].O=P([O-])([O-])[O-].O=P([O-])([O-])[O-]. The van der Waals surface area contributed by atoms with Crippen LogP contribution in [0.3, 0.4) is 0 Å². The molecule has 0 saturated heterocycles. The third-order valence-electron chi connectivity index (χ3n) is 0.904.